The van der Waals surface area contributed by atoms with E-state index in [1.165, 1.54) is 4.90 Å². The van der Waals surface area contributed by atoms with Crippen molar-refractivity contribution < 1.29 is 24.2 Å². The number of carbonyl (C=O) groups is 3. The number of aliphatic carboxylic acids is 1. The third-order valence-corrected chi connectivity index (χ3v) is 6.18. The fourth-order valence-electron chi connectivity index (χ4n) is 4.04. The van der Waals surface area contributed by atoms with Gasteiger partial charge in [0.1, 0.15) is 12.6 Å². The zero-order valence-corrected chi connectivity index (χ0v) is 18.7. The van der Waals surface area contributed by atoms with Crippen molar-refractivity contribution in [3.8, 4) is 11.1 Å². The highest BCUT2D eigenvalue weighted by molar-refractivity contribution is 5.86. The number of hydrogen-bond donors (Lipinski definition) is 2. The van der Waals surface area contributed by atoms with Gasteiger partial charge in [-0.15, -0.1) is 0 Å². The average Bonchev–Trinajstić information content (AvgIpc) is 3.12. The third kappa shape index (κ3) is 5.10. The number of alkyl carbamates (subject to hydrolysis) is 1. The van der Waals surface area contributed by atoms with Gasteiger partial charge in [0.05, 0.1) is 0 Å². The van der Waals surface area contributed by atoms with Gasteiger partial charge >= 0.3 is 12.1 Å². The molecule has 7 heteroatoms. The van der Waals surface area contributed by atoms with E-state index in [1.54, 1.807) is 7.05 Å². The molecule has 2 unspecified atom stereocenters. The van der Waals surface area contributed by atoms with Crippen LogP contribution in [0.25, 0.3) is 11.1 Å². The molecule has 0 spiro atoms. The highest BCUT2D eigenvalue weighted by atomic mass is 16.5. The standard InChI is InChI=1S/C25H30N2O5/c1-4-16(2)27(3)24(30)22(13-14-23(28)29)26-25(31)32-15-21-19-11-7-5-9-17(19)18-10-6-8-12-20(18)21/h5-12,16,21-22H,4,13-15H2,1-3H3,(H,26,31)(H,28,29). The molecule has 0 saturated carbocycles. The molecule has 0 saturated heterocycles. The van der Waals surface area contributed by atoms with Crippen LogP contribution in [0.15, 0.2) is 48.5 Å². The summed E-state index contributed by atoms with van der Waals surface area (Å²) in [5.74, 6) is -1.44. The van der Waals surface area contributed by atoms with Gasteiger partial charge in [-0.3, -0.25) is 9.59 Å². The summed E-state index contributed by atoms with van der Waals surface area (Å²) < 4.78 is 5.53. The van der Waals surface area contributed by atoms with Crippen molar-refractivity contribution in [3.05, 3.63) is 59.7 Å². The Labute approximate surface area is 188 Å². The highest BCUT2D eigenvalue weighted by Gasteiger charge is 2.31. The van der Waals surface area contributed by atoms with E-state index in [0.717, 1.165) is 28.7 Å². The number of rotatable bonds is 9. The van der Waals surface area contributed by atoms with Crippen LogP contribution in [0.3, 0.4) is 0 Å². The minimum absolute atomic E-state index is 0.000857. The van der Waals surface area contributed by atoms with E-state index in [4.69, 9.17) is 9.84 Å². The minimum Gasteiger partial charge on any atom is -0.481 e. The van der Waals surface area contributed by atoms with Crippen LogP contribution in [0.2, 0.25) is 0 Å². The quantitative estimate of drug-likeness (QED) is 0.617. The molecule has 0 fully saturated rings. The van der Waals surface area contributed by atoms with E-state index in [1.807, 2.05) is 50.2 Å². The number of fused-ring (bicyclic) bond motifs is 3. The van der Waals surface area contributed by atoms with Crippen LogP contribution >= 0.6 is 0 Å². The van der Waals surface area contributed by atoms with E-state index in [2.05, 4.69) is 17.4 Å². The number of hydrogen-bond acceptors (Lipinski definition) is 4. The van der Waals surface area contributed by atoms with E-state index in [-0.39, 0.29) is 37.3 Å². The number of carbonyl (C=O) groups excluding carboxylic acids is 2. The molecule has 2 amide bonds. The first-order valence-electron chi connectivity index (χ1n) is 10.9. The Hall–Kier alpha value is -3.35. The highest BCUT2D eigenvalue weighted by Crippen LogP contribution is 2.44. The number of likely N-dealkylation sites (N-methyl/N-ethyl adjacent to an activating group) is 1. The van der Waals surface area contributed by atoms with Crippen molar-refractivity contribution in [1.29, 1.82) is 0 Å². The second kappa shape index (κ2) is 10.3. The molecule has 7 nitrogen and oxygen atoms in total. The molecule has 0 radical (unpaired) electrons. The van der Waals surface area contributed by atoms with Crippen molar-refractivity contribution in [1.82, 2.24) is 10.2 Å². The zero-order valence-electron chi connectivity index (χ0n) is 18.7. The molecule has 2 atom stereocenters. The van der Waals surface area contributed by atoms with Crippen LogP contribution in [0.4, 0.5) is 4.79 Å². The van der Waals surface area contributed by atoms with Crippen molar-refractivity contribution >= 4 is 18.0 Å². The summed E-state index contributed by atoms with van der Waals surface area (Å²) >= 11 is 0. The van der Waals surface area contributed by atoms with Crippen molar-refractivity contribution in [3.63, 3.8) is 0 Å². The molecular formula is C25H30N2O5. The molecule has 170 valence electrons. The van der Waals surface area contributed by atoms with Gasteiger partial charge in [0.2, 0.25) is 5.91 Å². The Kier molecular flexibility index (Phi) is 7.51. The Morgan fingerprint density at radius 1 is 1.06 bits per heavy atom. The predicted octanol–water partition coefficient (Wildman–Crippen LogP) is 4.02. The maximum absolute atomic E-state index is 12.8. The molecule has 2 N–H and O–H groups in total. The molecule has 0 aliphatic heterocycles. The Morgan fingerprint density at radius 2 is 1.62 bits per heavy atom. The van der Waals surface area contributed by atoms with Gasteiger partial charge in [0.25, 0.3) is 0 Å². The molecule has 0 aromatic heterocycles. The summed E-state index contributed by atoms with van der Waals surface area (Å²) in [4.78, 5) is 38.0. The van der Waals surface area contributed by atoms with Crippen molar-refractivity contribution in [2.24, 2.45) is 0 Å². The Bertz CT molecular complexity index is 944. The number of benzene rings is 2. The first kappa shape index (κ1) is 23.3. The molecule has 2 aromatic rings. The van der Waals surface area contributed by atoms with Gasteiger partial charge in [0.15, 0.2) is 0 Å². The molecule has 0 heterocycles. The summed E-state index contributed by atoms with van der Waals surface area (Å²) in [6.45, 7) is 3.99. The minimum atomic E-state index is -1.02. The van der Waals surface area contributed by atoms with E-state index in [0.29, 0.717) is 0 Å². The predicted molar refractivity (Wildman–Crippen MR) is 121 cm³/mol. The fourth-order valence-corrected chi connectivity index (χ4v) is 4.04. The summed E-state index contributed by atoms with van der Waals surface area (Å²) in [6, 6.07) is 15.1. The van der Waals surface area contributed by atoms with Crippen LogP contribution in [0, 0.1) is 0 Å². The van der Waals surface area contributed by atoms with Crippen molar-refractivity contribution in [2.45, 2.75) is 51.1 Å². The van der Waals surface area contributed by atoms with Gasteiger partial charge in [-0.1, -0.05) is 55.5 Å². The molecule has 3 rings (SSSR count). The average molecular weight is 439 g/mol. The lowest BCUT2D eigenvalue weighted by molar-refractivity contribution is -0.138. The van der Waals surface area contributed by atoms with Gasteiger partial charge < -0.3 is 20.1 Å². The smallest absolute Gasteiger partial charge is 0.407 e. The Balaban J connectivity index is 1.69. The van der Waals surface area contributed by atoms with Crippen molar-refractivity contribution in [2.75, 3.05) is 13.7 Å². The van der Waals surface area contributed by atoms with Gasteiger partial charge in [-0.25, -0.2) is 4.79 Å². The van der Waals surface area contributed by atoms with E-state index in [9.17, 15) is 14.4 Å². The van der Waals surface area contributed by atoms with E-state index < -0.39 is 18.1 Å². The third-order valence-electron chi connectivity index (χ3n) is 6.18. The number of ether oxygens (including phenoxy) is 1. The summed E-state index contributed by atoms with van der Waals surface area (Å²) in [6.07, 6.45) is -0.208. The number of nitrogens with one attached hydrogen (secondary N) is 1. The maximum atomic E-state index is 12.8. The first-order valence-corrected chi connectivity index (χ1v) is 10.9. The van der Waals surface area contributed by atoms with Gasteiger partial charge in [-0.2, -0.15) is 0 Å². The normalized spacial score (nSPS) is 14.1. The van der Waals surface area contributed by atoms with Crippen LogP contribution in [0.1, 0.15) is 50.2 Å². The zero-order chi connectivity index (χ0) is 23.3. The SMILES string of the molecule is CCC(C)N(C)C(=O)C(CCC(=O)O)NC(=O)OCC1c2ccccc2-c2ccccc21. The summed E-state index contributed by atoms with van der Waals surface area (Å²) in [7, 11) is 1.66. The van der Waals surface area contributed by atoms with Crippen LogP contribution in [0.5, 0.6) is 0 Å². The number of carboxylic acid groups (broad SMARTS) is 1. The van der Waals surface area contributed by atoms with Gasteiger partial charge in [-0.05, 0) is 42.0 Å². The lowest BCUT2D eigenvalue weighted by Crippen LogP contribution is -2.50. The summed E-state index contributed by atoms with van der Waals surface area (Å²) in [5, 5.41) is 11.6. The number of carboxylic acids is 1. The molecule has 0 bridgehead atoms. The topological polar surface area (TPSA) is 95.9 Å². The lowest BCUT2D eigenvalue weighted by Gasteiger charge is -2.28. The van der Waals surface area contributed by atoms with Crippen LogP contribution in [-0.4, -0.2) is 53.7 Å². The largest absolute Gasteiger partial charge is 0.481 e. The second-order valence-electron chi connectivity index (χ2n) is 8.16. The molecule has 1 aliphatic carbocycles. The molecule has 2 aromatic carbocycles. The van der Waals surface area contributed by atoms with Gasteiger partial charge in [0, 0.05) is 25.4 Å². The number of amides is 2. The monoisotopic (exact) mass is 438 g/mol. The fraction of sp³-hybridized carbons (Fsp3) is 0.400. The summed E-state index contributed by atoms with van der Waals surface area (Å²) in [5.41, 5.74) is 4.44. The second-order valence-corrected chi connectivity index (χ2v) is 8.16. The van der Waals surface area contributed by atoms with E-state index >= 15 is 0 Å². The van der Waals surface area contributed by atoms with Crippen LogP contribution < -0.4 is 5.32 Å². The molecule has 1 aliphatic rings. The van der Waals surface area contributed by atoms with Crippen LogP contribution in [-0.2, 0) is 14.3 Å². The molecule has 32 heavy (non-hydrogen) atoms. The lowest BCUT2D eigenvalue weighted by atomic mass is 9.98. The Morgan fingerprint density at radius 3 is 2.16 bits per heavy atom. The first-order chi connectivity index (χ1) is 15.3. The number of nitrogens with zero attached hydrogens (tertiary/aromatic N) is 1. The maximum Gasteiger partial charge on any atom is 0.407 e. The molecular weight excluding hydrogens is 408 g/mol.